The fourth-order valence-corrected chi connectivity index (χ4v) is 2.38. The number of phenols is 1. The standard InChI is InChI=1S/C16H11ClO4/c1-20-9-6-12(18)16-13(19)8-14(21-15(16)7-9)10-4-2-3-5-11(10)17/h2-8,18H,1H3. The van der Waals surface area contributed by atoms with Gasteiger partial charge in [0.2, 0.25) is 0 Å². The number of halogens is 1. The van der Waals surface area contributed by atoms with Gasteiger partial charge in [-0.1, -0.05) is 23.7 Å². The van der Waals surface area contributed by atoms with Crippen LogP contribution < -0.4 is 10.2 Å². The smallest absolute Gasteiger partial charge is 0.197 e. The van der Waals surface area contributed by atoms with Crippen LogP contribution in [0.15, 0.2) is 51.7 Å². The molecule has 0 amide bonds. The average molecular weight is 303 g/mol. The van der Waals surface area contributed by atoms with E-state index in [0.29, 0.717) is 22.1 Å². The highest BCUT2D eigenvalue weighted by Crippen LogP contribution is 2.33. The molecule has 21 heavy (non-hydrogen) atoms. The molecule has 0 spiro atoms. The molecule has 106 valence electrons. The first kappa shape index (κ1) is 13.5. The van der Waals surface area contributed by atoms with Crippen molar-refractivity contribution in [3.8, 4) is 22.8 Å². The zero-order chi connectivity index (χ0) is 15.0. The maximum Gasteiger partial charge on any atom is 0.197 e. The molecule has 0 saturated heterocycles. The van der Waals surface area contributed by atoms with E-state index in [9.17, 15) is 9.90 Å². The first-order chi connectivity index (χ1) is 10.1. The third-order valence-corrected chi connectivity index (χ3v) is 3.49. The molecule has 3 aromatic rings. The van der Waals surface area contributed by atoms with E-state index in [0.717, 1.165) is 0 Å². The van der Waals surface area contributed by atoms with E-state index in [1.807, 2.05) is 0 Å². The van der Waals surface area contributed by atoms with Crippen LogP contribution in [0.1, 0.15) is 0 Å². The second-order valence-corrected chi connectivity index (χ2v) is 4.88. The van der Waals surface area contributed by atoms with Crippen LogP contribution in [0.2, 0.25) is 5.02 Å². The zero-order valence-corrected chi connectivity index (χ0v) is 11.8. The van der Waals surface area contributed by atoms with Gasteiger partial charge in [0.15, 0.2) is 5.43 Å². The Labute approximate surface area is 125 Å². The number of aromatic hydroxyl groups is 1. The van der Waals surface area contributed by atoms with Crippen molar-refractivity contribution < 1.29 is 14.3 Å². The third-order valence-electron chi connectivity index (χ3n) is 3.16. The van der Waals surface area contributed by atoms with E-state index >= 15 is 0 Å². The van der Waals surface area contributed by atoms with E-state index in [-0.39, 0.29) is 22.1 Å². The molecule has 0 aliphatic carbocycles. The number of fused-ring (bicyclic) bond motifs is 1. The molecule has 5 heteroatoms. The van der Waals surface area contributed by atoms with E-state index in [4.69, 9.17) is 20.8 Å². The first-order valence-corrected chi connectivity index (χ1v) is 6.57. The van der Waals surface area contributed by atoms with Crippen molar-refractivity contribution >= 4 is 22.6 Å². The highest BCUT2D eigenvalue weighted by Gasteiger charge is 2.13. The van der Waals surface area contributed by atoms with Crippen molar-refractivity contribution in [2.45, 2.75) is 0 Å². The maximum atomic E-state index is 12.2. The van der Waals surface area contributed by atoms with Gasteiger partial charge in [0.1, 0.15) is 28.2 Å². The lowest BCUT2D eigenvalue weighted by atomic mass is 10.1. The summed E-state index contributed by atoms with van der Waals surface area (Å²) in [6.07, 6.45) is 0. The molecule has 0 aliphatic rings. The van der Waals surface area contributed by atoms with E-state index in [1.165, 1.54) is 19.2 Å². The van der Waals surface area contributed by atoms with Crippen molar-refractivity contribution in [1.29, 1.82) is 0 Å². The minimum atomic E-state index is -0.341. The molecule has 0 atom stereocenters. The van der Waals surface area contributed by atoms with Gasteiger partial charge in [0.25, 0.3) is 0 Å². The van der Waals surface area contributed by atoms with Crippen LogP contribution in [0.25, 0.3) is 22.3 Å². The largest absolute Gasteiger partial charge is 0.507 e. The quantitative estimate of drug-likeness (QED) is 0.781. The zero-order valence-electron chi connectivity index (χ0n) is 11.1. The van der Waals surface area contributed by atoms with E-state index in [2.05, 4.69) is 0 Å². The fraction of sp³-hybridized carbons (Fsp3) is 0.0625. The van der Waals surface area contributed by atoms with Gasteiger partial charge in [-0.3, -0.25) is 4.79 Å². The molecule has 0 unspecified atom stereocenters. The SMILES string of the molecule is COc1cc(O)c2c(=O)cc(-c3ccccc3Cl)oc2c1. The van der Waals surface area contributed by atoms with Crippen LogP contribution in [-0.2, 0) is 0 Å². The number of ether oxygens (including phenoxy) is 1. The lowest BCUT2D eigenvalue weighted by Crippen LogP contribution is -2.01. The van der Waals surface area contributed by atoms with Gasteiger partial charge in [0, 0.05) is 23.8 Å². The summed E-state index contributed by atoms with van der Waals surface area (Å²) in [5.41, 5.74) is 0.515. The third kappa shape index (κ3) is 2.34. The van der Waals surface area contributed by atoms with Gasteiger partial charge in [-0.2, -0.15) is 0 Å². The molecule has 1 heterocycles. The molecule has 4 nitrogen and oxygen atoms in total. The van der Waals surface area contributed by atoms with Gasteiger partial charge in [0.05, 0.1) is 12.1 Å². The summed E-state index contributed by atoms with van der Waals surface area (Å²) in [5, 5.41) is 10.5. The van der Waals surface area contributed by atoms with E-state index in [1.54, 1.807) is 30.3 Å². The summed E-state index contributed by atoms with van der Waals surface area (Å²) in [5.74, 6) is 0.564. The number of methoxy groups -OCH3 is 1. The summed E-state index contributed by atoms with van der Waals surface area (Å²) < 4.78 is 10.8. The van der Waals surface area contributed by atoms with Gasteiger partial charge < -0.3 is 14.3 Å². The fourth-order valence-electron chi connectivity index (χ4n) is 2.16. The minimum absolute atomic E-state index is 0.117. The number of hydrogen-bond acceptors (Lipinski definition) is 4. The highest BCUT2D eigenvalue weighted by atomic mass is 35.5. The summed E-state index contributed by atoms with van der Waals surface area (Å²) in [7, 11) is 1.47. The Morgan fingerprint density at radius 1 is 1.19 bits per heavy atom. The number of phenolic OH excluding ortho intramolecular Hbond substituents is 1. The summed E-state index contributed by atoms with van der Waals surface area (Å²) >= 11 is 6.12. The van der Waals surface area contributed by atoms with Crippen molar-refractivity contribution in [3.63, 3.8) is 0 Å². The van der Waals surface area contributed by atoms with Crippen LogP contribution >= 0.6 is 11.6 Å². The van der Waals surface area contributed by atoms with Crippen LogP contribution in [-0.4, -0.2) is 12.2 Å². The summed E-state index contributed by atoms with van der Waals surface area (Å²) in [6.45, 7) is 0. The van der Waals surface area contributed by atoms with Crippen LogP contribution in [0.4, 0.5) is 0 Å². The number of benzene rings is 2. The molecule has 1 aromatic heterocycles. The maximum absolute atomic E-state index is 12.2. The molecular weight excluding hydrogens is 292 g/mol. The second-order valence-electron chi connectivity index (χ2n) is 4.47. The number of hydrogen-bond donors (Lipinski definition) is 1. The molecule has 2 aromatic carbocycles. The van der Waals surface area contributed by atoms with E-state index < -0.39 is 0 Å². The predicted octanol–water partition coefficient (Wildman–Crippen LogP) is 3.83. The molecule has 0 fully saturated rings. The van der Waals surface area contributed by atoms with Crippen LogP contribution in [0.5, 0.6) is 11.5 Å². The molecule has 1 N–H and O–H groups in total. The topological polar surface area (TPSA) is 59.7 Å². The van der Waals surface area contributed by atoms with Crippen LogP contribution in [0.3, 0.4) is 0 Å². The van der Waals surface area contributed by atoms with Crippen LogP contribution in [0, 0.1) is 0 Å². The summed E-state index contributed by atoms with van der Waals surface area (Å²) in [4.78, 5) is 12.2. The monoisotopic (exact) mass is 302 g/mol. The Hall–Kier alpha value is -2.46. The number of rotatable bonds is 2. The van der Waals surface area contributed by atoms with Crippen molar-refractivity contribution in [3.05, 3.63) is 57.7 Å². The summed E-state index contributed by atoms with van der Waals surface area (Å²) in [6, 6.07) is 11.3. The first-order valence-electron chi connectivity index (χ1n) is 6.20. The van der Waals surface area contributed by atoms with Gasteiger partial charge in [-0.25, -0.2) is 0 Å². The Morgan fingerprint density at radius 3 is 2.67 bits per heavy atom. The average Bonchev–Trinajstić information content (AvgIpc) is 2.46. The van der Waals surface area contributed by atoms with Crippen molar-refractivity contribution in [2.75, 3.05) is 7.11 Å². The lowest BCUT2D eigenvalue weighted by molar-refractivity contribution is 0.408. The van der Waals surface area contributed by atoms with Gasteiger partial charge in [-0.15, -0.1) is 0 Å². The second kappa shape index (κ2) is 5.14. The lowest BCUT2D eigenvalue weighted by Gasteiger charge is -2.07. The van der Waals surface area contributed by atoms with Crippen molar-refractivity contribution in [1.82, 2.24) is 0 Å². The predicted molar refractivity (Wildman–Crippen MR) is 81.1 cm³/mol. The molecule has 3 rings (SSSR count). The molecule has 0 bridgehead atoms. The normalized spacial score (nSPS) is 10.8. The minimum Gasteiger partial charge on any atom is -0.507 e. The Balaban J connectivity index is 2.33. The molecule has 0 aliphatic heterocycles. The molecular formula is C16H11ClO4. The van der Waals surface area contributed by atoms with Gasteiger partial charge >= 0.3 is 0 Å². The Morgan fingerprint density at radius 2 is 1.95 bits per heavy atom. The molecule has 0 saturated carbocycles. The highest BCUT2D eigenvalue weighted by molar-refractivity contribution is 6.33. The van der Waals surface area contributed by atoms with Crippen molar-refractivity contribution in [2.24, 2.45) is 0 Å². The Kier molecular flexibility index (Phi) is 3.31. The Bertz CT molecular complexity index is 883. The van der Waals surface area contributed by atoms with Gasteiger partial charge in [-0.05, 0) is 12.1 Å². The molecule has 0 radical (unpaired) electrons.